The number of amides is 1. The van der Waals surface area contributed by atoms with Gasteiger partial charge in [0.1, 0.15) is 11.3 Å². The summed E-state index contributed by atoms with van der Waals surface area (Å²) in [6.45, 7) is -2.17. The van der Waals surface area contributed by atoms with Gasteiger partial charge in [-0.3, -0.25) is 4.79 Å². The maximum Gasteiger partial charge on any atom is 0.339 e. The molecule has 0 aromatic heterocycles. The average molecular weight is 466 g/mol. The van der Waals surface area contributed by atoms with Gasteiger partial charge in [-0.2, -0.15) is 0 Å². The van der Waals surface area contributed by atoms with Gasteiger partial charge in [0.2, 0.25) is 5.91 Å². The summed E-state index contributed by atoms with van der Waals surface area (Å²) in [6, 6.07) is 5.76. The Balaban J connectivity index is 2.22. The fourth-order valence-corrected chi connectivity index (χ4v) is 3.26. The second-order valence-electron chi connectivity index (χ2n) is 7.56. The van der Waals surface area contributed by atoms with Crippen LogP contribution in [-0.4, -0.2) is 36.6 Å². The number of hydrogen-bond acceptors (Lipinski definition) is 4. The van der Waals surface area contributed by atoms with E-state index in [2.05, 4.69) is 5.32 Å². The van der Waals surface area contributed by atoms with Crippen LogP contribution in [-0.2, 0) is 11.2 Å². The number of para-hydroxylation sites is 1. The van der Waals surface area contributed by atoms with Crippen LogP contribution in [0.25, 0.3) is 0 Å². The van der Waals surface area contributed by atoms with Crippen molar-refractivity contribution in [3.63, 3.8) is 0 Å². The van der Waals surface area contributed by atoms with Crippen molar-refractivity contribution >= 4 is 17.6 Å². The third-order valence-corrected chi connectivity index (χ3v) is 4.58. The van der Waals surface area contributed by atoms with E-state index in [4.69, 9.17) is 21.2 Å². The lowest BCUT2D eigenvalue weighted by Crippen LogP contribution is -2.34. The van der Waals surface area contributed by atoms with Crippen LogP contribution in [0.4, 0.5) is 5.69 Å². The van der Waals surface area contributed by atoms with Gasteiger partial charge in [-0.25, -0.2) is 4.79 Å². The molecule has 1 atom stereocenters. The maximum atomic E-state index is 13.7. The van der Waals surface area contributed by atoms with Gasteiger partial charge in [0, 0.05) is 35.1 Å². The highest BCUT2D eigenvalue weighted by molar-refractivity contribution is 5.91. The van der Waals surface area contributed by atoms with E-state index in [0.717, 1.165) is 24.3 Å². The van der Waals surface area contributed by atoms with E-state index in [9.17, 15) is 16.1 Å². The molecule has 1 amide bonds. The molecule has 0 unspecified atom stereocenters. The number of benzene rings is 2. The summed E-state index contributed by atoms with van der Waals surface area (Å²) in [6.07, 6.45) is -14.1. The Hall–Kier alpha value is -3.02. The van der Waals surface area contributed by atoms with E-state index in [1.165, 1.54) is 18.2 Å². The van der Waals surface area contributed by atoms with Crippen LogP contribution < -0.4 is 15.0 Å². The monoisotopic (exact) mass is 465 g/mol. The second kappa shape index (κ2) is 11.7. The molecular weight excluding hydrogens is 416 g/mol. The molecule has 1 saturated heterocycles. The summed E-state index contributed by atoms with van der Waals surface area (Å²) in [7, 11) is 0. The number of ether oxygens (including phenoxy) is 1. The molecule has 2 aromatic carbocycles. The molecule has 6 heteroatoms. The molecular formula is C27H36N2O4. The van der Waals surface area contributed by atoms with Crippen LogP contribution in [0, 0.1) is 5.92 Å². The van der Waals surface area contributed by atoms with Crippen LogP contribution in [0.3, 0.4) is 0 Å². The van der Waals surface area contributed by atoms with Crippen LogP contribution in [0.5, 0.6) is 5.75 Å². The first-order chi connectivity index (χ1) is 20.8. The van der Waals surface area contributed by atoms with Gasteiger partial charge < -0.3 is 20.1 Å². The third kappa shape index (κ3) is 6.73. The van der Waals surface area contributed by atoms with E-state index < -0.39 is 68.0 Å². The van der Waals surface area contributed by atoms with Crippen LogP contribution >= 0.6 is 0 Å². The van der Waals surface area contributed by atoms with Gasteiger partial charge >= 0.3 is 5.97 Å². The molecule has 1 fully saturated rings. The molecule has 0 bridgehead atoms. The number of anilines is 1. The number of aromatic carboxylic acids is 1. The van der Waals surface area contributed by atoms with Crippen LogP contribution in [0.2, 0.25) is 0 Å². The molecule has 0 saturated carbocycles. The summed E-state index contributed by atoms with van der Waals surface area (Å²) >= 11 is 0. The number of rotatable bonds is 10. The van der Waals surface area contributed by atoms with E-state index in [-0.39, 0.29) is 40.4 Å². The molecule has 6 nitrogen and oxygen atoms in total. The van der Waals surface area contributed by atoms with E-state index in [1.54, 1.807) is 20.8 Å². The predicted octanol–water partition coefficient (Wildman–Crippen LogP) is 5.22. The third-order valence-electron chi connectivity index (χ3n) is 4.58. The number of nitrogens with one attached hydrogen (secondary N) is 1. The first-order valence-corrected chi connectivity index (χ1v) is 10.5. The average Bonchev–Trinajstić information content (AvgIpc) is 2.91. The topological polar surface area (TPSA) is 78.9 Å². The zero-order valence-electron chi connectivity index (χ0n) is 31.7. The summed E-state index contributed by atoms with van der Waals surface area (Å²) in [5.74, 6) is -3.34. The van der Waals surface area contributed by atoms with Gasteiger partial charge in [-0.05, 0) is 67.7 Å². The first kappa shape index (κ1) is 12.4. The Kier molecular flexibility index (Phi) is 4.42. The molecule has 2 aromatic rings. The summed E-state index contributed by atoms with van der Waals surface area (Å²) in [5.41, 5.74) is -1.50. The number of carbonyl (C=O) groups excluding carboxylic acids is 1. The maximum absolute atomic E-state index is 13.7. The van der Waals surface area contributed by atoms with Gasteiger partial charge in [0.05, 0.1) is 20.4 Å². The summed E-state index contributed by atoms with van der Waals surface area (Å²) < 4.78 is 116. The Morgan fingerprint density at radius 1 is 1.21 bits per heavy atom. The van der Waals surface area contributed by atoms with E-state index >= 15 is 0 Å². The zero-order valence-corrected chi connectivity index (χ0v) is 18.7. The van der Waals surface area contributed by atoms with Gasteiger partial charge in [0.25, 0.3) is 0 Å². The lowest BCUT2D eigenvalue weighted by Gasteiger charge is -2.33. The van der Waals surface area contributed by atoms with Crippen molar-refractivity contribution in [1.82, 2.24) is 5.32 Å². The Bertz CT molecular complexity index is 1470. The molecule has 2 N–H and O–H groups in total. The van der Waals surface area contributed by atoms with Crippen molar-refractivity contribution in [3.05, 3.63) is 59.2 Å². The highest BCUT2D eigenvalue weighted by Gasteiger charge is 2.23. The molecule has 1 aliphatic rings. The number of carboxylic acids is 1. The van der Waals surface area contributed by atoms with Crippen LogP contribution in [0.1, 0.15) is 91.6 Å². The lowest BCUT2D eigenvalue weighted by atomic mass is 9.94. The predicted molar refractivity (Wildman–Crippen MR) is 131 cm³/mol. The lowest BCUT2D eigenvalue weighted by molar-refractivity contribution is -0.121. The van der Waals surface area contributed by atoms with Crippen molar-refractivity contribution in [3.8, 4) is 5.75 Å². The molecule has 0 aliphatic carbocycles. The van der Waals surface area contributed by atoms with E-state index in [1.807, 2.05) is 0 Å². The fourth-order valence-electron chi connectivity index (χ4n) is 3.26. The molecule has 1 heterocycles. The number of hydrogen-bond donors (Lipinski definition) is 2. The fraction of sp³-hybridized carbons (Fsp3) is 0.481. The minimum absolute atomic E-state index is 0.0365. The van der Waals surface area contributed by atoms with Gasteiger partial charge in [-0.1, -0.05) is 38.1 Å². The number of carbonyl (C=O) groups is 2. The second-order valence-corrected chi connectivity index (χ2v) is 7.56. The molecule has 0 spiro atoms. The molecule has 0 radical (unpaired) electrons. The Morgan fingerprint density at radius 3 is 2.61 bits per heavy atom. The zero-order chi connectivity index (χ0) is 35.5. The minimum Gasteiger partial charge on any atom is -0.493 e. The van der Waals surface area contributed by atoms with Crippen molar-refractivity contribution in [2.75, 3.05) is 24.5 Å². The number of carboxylic acid groups (broad SMARTS) is 1. The standard InChI is InChI=1S/C27H36N2O4/c1-4-33-25-17-20(12-13-22(25)27(31)32)18-26(30)28-23(16-19(2)3)21-10-6-7-11-24(21)29-14-8-5-9-15-29/h6-7,10-13,17,19,23H,4-5,8-9,14-16,18H2,1-3H3,(H,28,30)(H,31,32)/t23-/m0/s1/i5D2,8D2,9D2,14D2,15D2,18D2,23D. The van der Waals surface area contributed by atoms with Crippen molar-refractivity contribution in [2.24, 2.45) is 5.92 Å². The Labute approximate surface area is 215 Å². The Morgan fingerprint density at radius 2 is 1.94 bits per heavy atom. The molecule has 3 rings (SSSR count). The summed E-state index contributed by atoms with van der Waals surface area (Å²) in [5, 5.41) is 11.8. The van der Waals surface area contributed by atoms with Gasteiger partial charge in [-0.15, -0.1) is 0 Å². The first-order valence-electron chi connectivity index (χ1n) is 17.0. The van der Waals surface area contributed by atoms with E-state index in [0.29, 0.717) is 0 Å². The molecule has 33 heavy (non-hydrogen) atoms. The minimum atomic E-state index is -3.67. The SMILES string of the molecule is [2H]C([2H])(C(=O)N[C@@]([2H])(CC(C)C)c1ccccc1N1C([2H])([2H])C([2H])([2H])C([2H])([2H])C([2H])([2H])C1([2H])[2H])c1ccc(C(=O)O)c(OCC)c1. The number of nitrogens with zero attached hydrogens (tertiary/aromatic N) is 1. The highest BCUT2D eigenvalue weighted by atomic mass is 16.5. The molecule has 178 valence electrons. The quantitative estimate of drug-likeness (QED) is 0.503. The van der Waals surface area contributed by atoms with Gasteiger partial charge in [0.15, 0.2) is 0 Å². The van der Waals surface area contributed by atoms with Crippen molar-refractivity contribution in [2.45, 2.75) is 58.7 Å². The highest BCUT2D eigenvalue weighted by Crippen LogP contribution is 2.32. The van der Waals surface area contributed by atoms with Crippen molar-refractivity contribution < 1.29 is 37.3 Å². The summed E-state index contributed by atoms with van der Waals surface area (Å²) in [4.78, 5) is 25.4. The largest absolute Gasteiger partial charge is 0.493 e. The normalized spacial score (nSPS) is 29.6. The van der Waals surface area contributed by atoms with Crippen molar-refractivity contribution in [1.29, 1.82) is 0 Å². The van der Waals surface area contributed by atoms with Crippen LogP contribution in [0.15, 0.2) is 42.5 Å². The molecule has 1 aliphatic heterocycles. The smallest absolute Gasteiger partial charge is 0.339 e. The number of piperidine rings is 1.